The van der Waals surface area contributed by atoms with E-state index in [1.165, 1.54) is 11.6 Å². The quantitative estimate of drug-likeness (QED) is 0.865. The fourth-order valence-electron chi connectivity index (χ4n) is 2.26. The van der Waals surface area contributed by atoms with Crippen LogP contribution in [0.5, 0.6) is 0 Å². The molecule has 0 aliphatic carbocycles. The topological polar surface area (TPSA) is 24.9 Å². The lowest BCUT2D eigenvalue weighted by Gasteiger charge is -2.19. The number of rotatable bonds is 6. The smallest absolute Gasteiger partial charge is 0.129 e. The molecule has 1 atom stereocenters. The lowest BCUT2D eigenvalue weighted by Crippen LogP contribution is -2.22. The minimum Gasteiger partial charge on any atom is -0.310 e. The molecule has 0 bridgehead atoms. The molecule has 1 aromatic heterocycles. The lowest BCUT2D eigenvalue weighted by molar-refractivity contribution is 0.485. The van der Waals surface area contributed by atoms with Crippen molar-refractivity contribution in [1.29, 1.82) is 0 Å². The standard InChI is InChI=1S/C16H18ClFN2/c1-2-20-16(6-3-12-7-9-19-10-8-12)14-5-4-13(17)11-15(14)18/h4-5,7-11,16,20H,2-3,6H2,1H3. The van der Waals surface area contributed by atoms with E-state index in [0.717, 1.165) is 19.4 Å². The van der Waals surface area contributed by atoms with Gasteiger partial charge in [0, 0.05) is 29.0 Å². The van der Waals surface area contributed by atoms with Crippen molar-refractivity contribution in [2.24, 2.45) is 0 Å². The third kappa shape index (κ3) is 4.02. The molecular weight excluding hydrogens is 275 g/mol. The van der Waals surface area contributed by atoms with Crippen molar-refractivity contribution < 1.29 is 4.39 Å². The van der Waals surface area contributed by atoms with Gasteiger partial charge in [0.15, 0.2) is 0 Å². The van der Waals surface area contributed by atoms with Gasteiger partial charge >= 0.3 is 0 Å². The van der Waals surface area contributed by atoms with Gasteiger partial charge in [-0.1, -0.05) is 24.6 Å². The Kier molecular flexibility index (Phi) is 5.50. The van der Waals surface area contributed by atoms with Crippen LogP contribution in [0.15, 0.2) is 42.7 Å². The predicted molar refractivity (Wildman–Crippen MR) is 80.4 cm³/mol. The molecule has 0 amide bonds. The van der Waals surface area contributed by atoms with Crippen LogP contribution in [-0.4, -0.2) is 11.5 Å². The Morgan fingerprint density at radius 1 is 1.25 bits per heavy atom. The van der Waals surface area contributed by atoms with Gasteiger partial charge in [0.25, 0.3) is 0 Å². The van der Waals surface area contributed by atoms with Gasteiger partial charge in [-0.15, -0.1) is 0 Å². The first-order valence-corrected chi connectivity index (χ1v) is 7.15. The highest BCUT2D eigenvalue weighted by Crippen LogP contribution is 2.24. The van der Waals surface area contributed by atoms with Crippen LogP contribution in [0.3, 0.4) is 0 Å². The summed E-state index contributed by atoms with van der Waals surface area (Å²) in [6.45, 7) is 2.82. The monoisotopic (exact) mass is 292 g/mol. The van der Waals surface area contributed by atoms with Gasteiger partial charge in [-0.25, -0.2) is 4.39 Å². The fraction of sp³-hybridized carbons (Fsp3) is 0.312. The fourth-order valence-corrected chi connectivity index (χ4v) is 2.42. The van der Waals surface area contributed by atoms with Crippen molar-refractivity contribution in [3.05, 3.63) is 64.7 Å². The first kappa shape index (κ1) is 14.9. The SMILES string of the molecule is CCNC(CCc1ccncc1)c1ccc(Cl)cc1F. The molecule has 0 saturated heterocycles. The maximum Gasteiger partial charge on any atom is 0.129 e. The van der Waals surface area contributed by atoms with Gasteiger partial charge in [0.2, 0.25) is 0 Å². The Morgan fingerprint density at radius 3 is 2.65 bits per heavy atom. The molecule has 0 aliphatic heterocycles. The molecule has 2 aromatic rings. The van der Waals surface area contributed by atoms with Crippen LogP contribution in [-0.2, 0) is 6.42 Å². The number of pyridine rings is 1. The van der Waals surface area contributed by atoms with Crippen LogP contribution in [0.4, 0.5) is 4.39 Å². The molecule has 1 heterocycles. The molecule has 20 heavy (non-hydrogen) atoms. The maximum absolute atomic E-state index is 14.0. The molecule has 0 fully saturated rings. The summed E-state index contributed by atoms with van der Waals surface area (Å²) in [5.74, 6) is -0.252. The molecule has 1 aromatic carbocycles. The van der Waals surface area contributed by atoms with Crippen LogP contribution in [0.2, 0.25) is 5.02 Å². The van der Waals surface area contributed by atoms with Crippen molar-refractivity contribution in [2.45, 2.75) is 25.8 Å². The Balaban J connectivity index is 2.10. The molecule has 0 aliphatic rings. The number of nitrogens with one attached hydrogen (secondary N) is 1. The zero-order chi connectivity index (χ0) is 14.4. The Hall–Kier alpha value is -1.45. The average molecular weight is 293 g/mol. The molecule has 1 N–H and O–H groups in total. The summed E-state index contributed by atoms with van der Waals surface area (Å²) in [5, 5.41) is 3.76. The largest absolute Gasteiger partial charge is 0.310 e. The normalized spacial score (nSPS) is 12.3. The van der Waals surface area contributed by atoms with E-state index in [0.29, 0.717) is 10.6 Å². The molecule has 0 spiro atoms. The van der Waals surface area contributed by atoms with Gasteiger partial charge in [-0.2, -0.15) is 0 Å². The maximum atomic E-state index is 14.0. The van der Waals surface area contributed by atoms with E-state index in [4.69, 9.17) is 11.6 Å². The lowest BCUT2D eigenvalue weighted by atomic mass is 9.99. The van der Waals surface area contributed by atoms with E-state index in [1.807, 2.05) is 19.1 Å². The third-order valence-electron chi connectivity index (χ3n) is 3.26. The van der Waals surface area contributed by atoms with Gasteiger partial charge in [-0.3, -0.25) is 4.98 Å². The van der Waals surface area contributed by atoms with Gasteiger partial charge in [0.05, 0.1) is 0 Å². The number of aryl methyl sites for hydroxylation is 1. The minimum atomic E-state index is -0.252. The Bertz CT molecular complexity index is 545. The summed E-state index contributed by atoms with van der Waals surface area (Å²) in [6, 6.07) is 8.83. The summed E-state index contributed by atoms with van der Waals surface area (Å²) in [4.78, 5) is 4.00. The second-order valence-corrected chi connectivity index (χ2v) is 5.11. The highest BCUT2D eigenvalue weighted by atomic mass is 35.5. The molecule has 106 valence electrons. The zero-order valence-electron chi connectivity index (χ0n) is 11.4. The van der Waals surface area contributed by atoms with Crippen molar-refractivity contribution in [2.75, 3.05) is 6.54 Å². The number of hydrogen-bond acceptors (Lipinski definition) is 2. The van der Waals surface area contributed by atoms with Crippen molar-refractivity contribution >= 4 is 11.6 Å². The molecule has 1 unspecified atom stereocenters. The molecule has 2 rings (SSSR count). The van der Waals surface area contributed by atoms with E-state index < -0.39 is 0 Å². The molecule has 0 radical (unpaired) electrons. The van der Waals surface area contributed by atoms with Crippen LogP contribution in [0.1, 0.15) is 30.5 Å². The van der Waals surface area contributed by atoms with E-state index in [1.54, 1.807) is 24.5 Å². The van der Waals surface area contributed by atoms with E-state index in [9.17, 15) is 4.39 Å². The van der Waals surface area contributed by atoms with Gasteiger partial charge < -0.3 is 5.32 Å². The molecule has 2 nitrogen and oxygen atoms in total. The number of aromatic nitrogens is 1. The Morgan fingerprint density at radius 2 is 2.00 bits per heavy atom. The van der Waals surface area contributed by atoms with Crippen molar-refractivity contribution in [3.63, 3.8) is 0 Å². The molecule has 0 saturated carbocycles. The zero-order valence-corrected chi connectivity index (χ0v) is 12.2. The second kappa shape index (κ2) is 7.36. The third-order valence-corrected chi connectivity index (χ3v) is 3.49. The summed E-state index contributed by atoms with van der Waals surface area (Å²) < 4.78 is 14.0. The summed E-state index contributed by atoms with van der Waals surface area (Å²) >= 11 is 5.80. The average Bonchev–Trinajstić information content (AvgIpc) is 2.45. The molecular formula is C16H18ClFN2. The van der Waals surface area contributed by atoms with Crippen LogP contribution in [0.25, 0.3) is 0 Å². The second-order valence-electron chi connectivity index (χ2n) is 4.67. The van der Waals surface area contributed by atoms with Gasteiger partial charge in [-0.05, 0) is 49.2 Å². The van der Waals surface area contributed by atoms with E-state index >= 15 is 0 Å². The summed E-state index contributed by atoms with van der Waals surface area (Å²) in [5.41, 5.74) is 1.88. The highest BCUT2D eigenvalue weighted by Gasteiger charge is 2.15. The first-order valence-electron chi connectivity index (χ1n) is 6.78. The van der Waals surface area contributed by atoms with Crippen LogP contribution in [0, 0.1) is 5.82 Å². The Labute approximate surface area is 124 Å². The number of hydrogen-bond donors (Lipinski definition) is 1. The van der Waals surface area contributed by atoms with Gasteiger partial charge in [0.1, 0.15) is 5.82 Å². The van der Waals surface area contributed by atoms with E-state index in [2.05, 4.69) is 10.3 Å². The summed E-state index contributed by atoms with van der Waals surface area (Å²) in [6.07, 6.45) is 5.26. The number of nitrogens with zero attached hydrogens (tertiary/aromatic N) is 1. The highest BCUT2D eigenvalue weighted by molar-refractivity contribution is 6.30. The van der Waals surface area contributed by atoms with E-state index in [-0.39, 0.29) is 11.9 Å². The number of benzene rings is 1. The minimum absolute atomic E-state index is 0.00886. The van der Waals surface area contributed by atoms with Crippen molar-refractivity contribution in [3.8, 4) is 0 Å². The van der Waals surface area contributed by atoms with Crippen LogP contribution < -0.4 is 5.32 Å². The number of halogens is 2. The molecule has 4 heteroatoms. The van der Waals surface area contributed by atoms with Crippen molar-refractivity contribution in [1.82, 2.24) is 10.3 Å². The van der Waals surface area contributed by atoms with Crippen LogP contribution >= 0.6 is 11.6 Å². The predicted octanol–water partition coefficient (Wildman–Crippen LogP) is 4.16. The summed E-state index contributed by atoms with van der Waals surface area (Å²) in [7, 11) is 0. The first-order chi connectivity index (χ1) is 9.70.